The van der Waals surface area contributed by atoms with E-state index in [9.17, 15) is 14.4 Å². The van der Waals surface area contributed by atoms with Gasteiger partial charge in [-0.2, -0.15) is 0 Å². The highest BCUT2D eigenvalue weighted by Crippen LogP contribution is 2.19. The summed E-state index contributed by atoms with van der Waals surface area (Å²) in [6.07, 6.45) is 0.619. The van der Waals surface area contributed by atoms with Gasteiger partial charge in [0, 0.05) is 33.4 Å². The molecule has 0 aliphatic heterocycles. The zero-order valence-corrected chi connectivity index (χ0v) is 18.9. The lowest BCUT2D eigenvalue weighted by atomic mass is 10.2. The maximum absolute atomic E-state index is 12.9. The number of nitrogens with two attached hydrogens (primary N) is 1. The summed E-state index contributed by atoms with van der Waals surface area (Å²) >= 11 is 0. The average molecular weight is 466 g/mol. The highest BCUT2D eigenvalue weighted by Gasteiger charge is 2.20. The first-order chi connectivity index (χ1) is 16.5. The van der Waals surface area contributed by atoms with Gasteiger partial charge in [0.15, 0.2) is 5.58 Å². The molecule has 0 radical (unpaired) electrons. The van der Waals surface area contributed by atoms with Crippen molar-refractivity contribution in [1.82, 2.24) is 14.1 Å². The van der Waals surface area contributed by atoms with Gasteiger partial charge in [0.1, 0.15) is 11.5 Å². The van der Waals surface area contributed by atoms with Crippen LogP contribution >= 0.6 is 0 Å². The fourth-order valence-electron chi connectivity index (χ4n) is 3.99. The summed E-state index contributed by atoms with van der Waals surface area (Å²) in [5.41, 5.74) is 7.45. The van der Waals surface area contributed by atoms with Crippen LogP contribution in [0.15, 0.2) is 73.4 Å². The SMILES string of the molecule is COCCCN(CCn1c(=O)oc2ccccc21)c1c(N)n(Cc2ccccc2)c(=O)[nH]c1=O. The van der Waals surface area contributed by atoms with E-state index in [0.717, 1.165) is 5.56 Å². The van der Waals surface area contributed by atoms with E-state index in [-0.39, 0.29) is 24.6 Å². The molecule has 0 fully saturated rings. The minimum atomic E-state index is -0.580. The molecule has 2 aromatic heterocycles. The van der Waals surface area contributed by atoms with E-state index in [4.69, 9.17) is 14.9 Å². The Kier molecular flexibility index (Phi) is 6.98. The lowest BCUT2D eigenvalue weighted by molar-refractivity contribution is 0.196. The number of para-hydroxylation sites is 2. The minimum absolute atomic E-state index is 0.0689. The number of oxazole rings is 1. The van der Waals surface area contributed by atoms with Crippen molar-refractivity contribution in [3.63, 3.8) is 0 Å². The minimum Gasteiger partial charge on any atom is -0.408 e. The quantitative estimate of drug-likeness (QED) is 0.341. The Morgan fingerprint density at radius 2 is 1.74 bits per heavy atom. The molecule has 2 heterocycles. The van der Waals surface area contributed by atoms with Crippen molar-refractivity contribution in [3.05, 3.63) is 91.5 Å². The molecule has 10 nitrogen and oxygen atoms in total. The summed E-state index contributed by atoms with van der Waals surface area (Å²) in [7, 11) is 1.60. The van der Waals surface area contributed by atoms with Crippen molar-refractivity contribution in [2.75, 3.05) is 37.4 Å². The standard InChI is InChI=1S/C24H27N5O5/c1-33-15-7-12-27(13-14-28-18-10-5-6-11-19(18)34-24(28)32)20-21(25)29(23(31)26-22(20)30)16-17-8-3-2-4-9-17/h2-6,8-11H,7,12-16,25H2,1H3,(H,26,30,31). The summed E-state index contributed by atoms with van der Waals surface area (Å²) in [4.78, 5) is 42.0. The first kappa shape index (κ1) is 23.1. The van der Waals surface area contributed by atoms with Crippen LogP contribution in [-0.2, 0) is 17.8 Å². The van der Waals surface area contributed by atoms with Gasteiger partial charge in [-0.25, -0.2) is 9.59 Å². The molecule has 0 atom stereocenters. The molecule has 10 heteroatoms. The molecule has 0 aliphatic carbocycles. The van der Waals surface area contributed by atoms with Crippen molar-refractivity contribution < 1.29 is 9.15 Å². The van der Waals surface area contributed by atoms with E-state index in [2.05, 4.69) is 4.98 Å². The lowest BCUT2D eigenvalue weighted by Crippen LogP contribution is -2.40. The van der Waals surface area contributed by atoms with Crippen LogP contribution in [-0.4, -0.2) is 40.9 Å². The Morgan fingerprint density at radius 3 is 2.50 bits per heavy atom. The number of rotatable bonds is 10. The van der Waals surface area contributed by atoms with E-state index in [0.29, 0.717) is 37.2 Å². The number of anilines is 2. The molecule has 0 spiro atoms. The molecular weight excluding hydrogens is 438 g/mol. The molecule has 0 saturated carbocycles. The molecule has 3 N–H and O–H groups in total. The molecule has 4 rings (SSSR count). The fraction of sp³-hybridized carbons (Fsp3) is 0.292. The van der Waals surface area contributed by atoms with Crippen molar-refractivity contribution in [2.24, 2.45) is 0 Å². The highest BCUT2D eigenvalue weighted by molar-refractivity contribution is 5.72. The second-order valence-electron chi connectivity index (χ2n) is 7.89. The van der Waals surface area contributed by atoms with E-state index >= 15 is 0 Å². The van der Waals surface area contributed by atoms with Crippen LogP contribution in [0.4, 0.5) is 11.5 Å². The third kappa shape index (κ3) is 4.81. The Hall–Kier alpha value is -4.05. The van der Waals surface area contributed by atoms with E-state index in [1.54, 1.807) is 30.2 Å². The molecule has 178 valence electrons. The number of aromatic amines is 1. The van der Waals surface area contributed by atoms with Crippen molar-refractivity contribution >= 4 is 22.6 Å². The summed E-state index contributed by atoms with van der Waals surface area (Å²) in [6, 6.07) is 16.5. The van der Waals surface area contributed by atoms with Crippen molar-refractivity contribution in [2.45, 2.75) is 19.5 Å². The number of methoxy groups -OCH3 is 1. The van der Waals surface area contributed by atoms with Crippen LogP contribution < -0.4 is 27.6 Å². The molecule has 0 unspecified atom stereocenters. The molecule has 0 bridgehead atoms. The third-order valence-corrected chi connectivity index (χ3v) is 5.66. The van der Waals surface area contributed by atoms with E-state index < -0.39 is 17.0 Å². The summed E-state index contributed by atoms with van der Waals surface area (Å²) < 4.78 is 13.3. The number of ether oxygens (including phenoxy) is 1. The predicted octanol–water partition coefficient (Wildman–Crippen LogP) is 1.62. The van der Waals surface area contributed by atoms with Gasteiger partial charge in [0.25, 0.3) is 5.56 Å². The number of nitrogens with one attached hydrogen (secondary N) is 1. The Morgan fingerprint density at radius 1 is 1.00 bits per heavy atom. The van der Waals surface area contributed by atoms with Crippen LogP contribution in [0.25, 0.3) is 11.1 Å². The molecule has 0 amide bonds. The molecular formula is C24H27N5O5. The van der Waals surface area contributed by atoms with Crippen molar-refractivity contribution in [3.8, 4) is 0 Å². The van der Waals surface area contributed by atoms with Gasteiger partial charge in [-0.1, -0.05) is 42.5 Å². The smallest absolute Gasteiger partial charge is 0.408 e. The number of hydrogen-bond donors (Lipinski definition) is 2. The van der Waals surface area contributed by atoms with Gasteiger partial charge >= 0.3 is 11.4 Å². The molecule has 0 saturated heterocycles. The summed E-state index contributed by atoms with van der Waals surface area (Å²) in [5, 5.41) is 0. The van der Waals surface area contributed by atoms with Crippen LogP contribution in [0, 0.1) is 0 Å². The number of fused-ring (bicyclic) bond motifs is 1. The zero-order chi connectivity index (χ0) is 24.1. The number of nitrogen functional groups attached to an aromatic ring is 1. The van der Waals surface area contributed by atoms with Crippen LogP contribution in [0.3, 0.4) is 0 Å². The molecule has 2 aromatic carbocycles. The van der Waals surface area contributed by atoms with E-state index in [1.165, 1.54) is 9.13 Å². The monoisotopic (exact) mass is 465 g/mol. The van der Waals surface area contributed by atoms with Gasteiger partial charge in [-0.05, 0) is 24.1 Å². The van der Waals surface area contributed by atoms with Crippen LogP contribution in [0.1, 0.15) is 12.0 Å². The predicted molar refractivity (Wildman–Crippen MR) is 130 cm³/mol. The lowest BCUT2D eigenvalue weighted by Gasteiger charge is -2.26. The maximum atomic E-state index is 12.9. The number of hydrogen-bond acceptors (Lipinski definition) is 7. The van der Waals surface area contributed by atoms with Gasteiger partial charge < -0.3 is 19.8 Å². The zero-order valence-electron chi connectivity index (χ0n) is 18.9. The normalized spacial score (nSPS) is 11.2. The average Bonchev–Trinajstić information content (AvgIpc) is 3.15. The third-order valence-electron chi connectivity index (χ3n) is 5.66. The first-order valence-electron chi connectivity index (χ1n) is 11.0. The number of nitrogens with zero attached hydrogens (tertiary/aromatic N) is 3. The Labute approximate surface area is 194 Å². The van der Waals surface area contributed by atoms with Gasteiger partial charge in [0.05, 0.1) is 12.1 Å². The largest absolute Gasteiger partial charge is 0.420 e. The first-order valence-corrected chi connectivity index (χ1v) is 11.0. The Balaban J connectivity index is 1.69. The Bertz CT molecular complexity index is 1430. The maximum Gasteiger partial charge on any atom is 0.420 e. The van der Waals surface area contributed by atoms with Gasteiger partial charge in [-0.3, -0.25) is 18.9 Å². The van der Waals surface area contributed by atoms with E-state index in [1.807, 2.05) is 36.4 Å². The molecule has 0 aliphatic rings. The highest BCUT2D eigenvalue weighted by atomic mass is 16.5. The van der Waals surface area contributed by atoms with Crippen LogP contribution in [0.2, 0.25) is 0 Å². The number of benzene rings is 2. The summed E-state index contributed by atoms with van der Waals surface area (Å²) in [5.74, 6) is -0.409. The second kappa shape index (κ2) is 10.3. The summed E-state index contributed by atoms with van der Waals surface area (Å²) in [6.45, 7) is 1.69. The van der Waals surface area contributed by atoms with Gasteiger partial charge in [0.2, 0.25) is 0 Å². The molecule has 34 heavy (non-hydrogen) atoms. The van der Waals surface area contributed by atoms with Crippen molar-refractivity contribution in [1.29, 1.82) is 0 Å². The fourth-order valence-corrected chi connectivity index (χ4v) is 3.99. The van der Waals surface area contributed by atoms with Gasteiger partial charge in [-0.15, -0.1) is 0 Å². The number of H-pyrrole nitrogens is 1. The topological polar surface area (TPSA) is 128 Å². The number of aromatic nitrogens is 3. The second-order valence-corrected chi connectivity index (χ2v) is 7.89. The molecule has 4 aromatic rings. The van der Waals surface area contributed by atoms with Crippen LogP contribution in [0.5, 0.6) is 0 Å².